The van der Waals surface area contributed by atoms with Gasteiger partial charge >= 0.3 is 0 Å². The maximum atomic E-state index is 13.6. The van der Waals surface area contributed by atoms with Crippen molar-refractivity contribution in [1.82, 2.24) is 0 Å². The van der Waals surface area contributed by atoms with Gasteiger partial charge < -0.3 is 10.4 Å². The van der Waals surface area contributed by atoms with Gasteiger partial charge in [0.15, 0.2) is 0 Å². The van der Waals surface area contributed by atoms with E-state index in [4.69, 9.17) is 0 Å². The number of nitrogens with one attached hydrogen (secondary N) is 1. The summed E-state index contributed by atoms with van der Waals surface area (Å²) in [6.45, 7) is 1.63. The summed E-state index contributed by atoms with van der Waals surface area (Å²) in [6, 6.07) is 4.93. The Bertz CT molecular complexity index is 649. The van der Waals surface area contributed by atoms with Crippen LogP contribution < -0.4 is 5.32 Å². The molecule has 1 atom stereocenters. The highest BCUT2D eigenvalue weighted by Gasteiger charge is 2.15. The van der Waals surface area contributed by atoms with E-state index in [0.717, 1.165) is 18.2 Å². The van der Waals surface area contributed by atoms with E-state index in [9.17, 15) is 18.3 Å². The van der Waals surface area contributed by atoms with Gasteiger partial charge in [-0.2, -0.15) is 0 Å². The second kappa shape index (κ2) is 5.75. The Morgan fingerprint density at radius 2 is 1.80 bits per heavy atom. The molecule has 2 N–H and O–H groups in total. The Hall–Kier alpha value is -1.69. The summed E-state index contributed by atoms with van der Waals surface area (Å²) < 4.78 is 40.0. The zero-order valence-corrected chi connectivity index (χ0v) is 12.0. The number of halogens is 4. The van der Waals surface area contributed by atoms with Crippen LogP contribution in [-0.4, -0.2) is 5.11 Å². The van der Waals surface area contributed by atoms with Gasteiger partial charge in [-0.3, -0.25) is 0 Å². The van der Waals surface area contributed by atoms with Gasteiger partial charge in [0.2, 0.25) is 0 Å². The molecular formula is C14H11BrF3NO. The molecule has 6 heteroatoms. The minimum atomic E-state index is -0.770. The summed E-state index contributed by atoms with van der Waals surface area (Å²) in [5, 5.41) is 12.4. The van der Waals surface area contributed by atoms with Crippen molar-refractivity contribution in [2.45, 2.75) is 13.0 Å². The first-order chi connectivity index (χ1) is 9.38. The number of phenolic OH excluding ortho intramolecular Hbond substituents is 1. The summed E-state index contributed by atoms with van der Waals surface area (Å²) in [4.78, 5) is 0. The molecule has 1 unspecified atom stereocenters. The van der Waals surface area contributed by atoms with Crippen molar-refractivity contribution in [3.63, 3.8) is 0 Å². The van der Waals surface area contributed by atoms with Crippen LogP contribution in [0.4, 0.5) is 18.9 Å². The average molecular weight is 346 g/mol. The maximum absolute atomic E-state index is 13.6. The Labute approximate surface area is 122 Å². The lowest BCUT2D eigenvalue weighted by atomic mass is 10.1. The largest absolute Gasteiger partial charge is 0.508 e. The monoisotopic (exact) mass is 345 g/mol. The van der Waals surface area contributed by atoms with Gasteiger partial charge in [-0.25, -0.2) is 13.2 Å². The summed E-state index contributed by atoms with van der Waals surface area (Å²) in [5.41, 5.74) is 0.333. The smallest absolute Gasteiger partial charge is 0.149 e. The summed E-state index contributed by atoms with van der Waals surface area (Å²) in [7, 11) is 0. The van der Waals surface area contributed by atoms with Crippen LogP contribution in [0, 0.1) is 17.5 Å². The van der Waals surface area contributed by atoms with Gasteiger partial charge in [-0.15, -0.1) is 0 Å². The molecule has 20 heavy (non-hydrogen) atoms. The second-order valence-corrected chi connectivity index (χ2v) is 5.17. The molecule has 0 saturated carbocycles. The van der Waals surface area contributed by atoms with Crippen molar-refractivity contribution in [1.29, 1.82) is 0 Å². The molecule has 0 radical (unpaired) electrons. The van der Waals surface area contributed by atoms with Crippen LogP contribution >= 0.6 is 15.9 Å². The van der Waals surface area contributed by atoms with Crippen LogP contribution in [0.25, 0.3) is 0 Å². The van der Waals surface area contributed by atoms with Crippen LogP contribution in [0.2, 0.25) is 0 Å². The lowest BCUT2D eigenvalue weighted by molar-refractivity contribution is 0.462. The van der Waals surface area contributed by atoms with Crippen LogP contribution in [-0.2, 0) is 0 Å². The SMILES string of the molecule is CC(Nc1cc(Br)c(F)cc1F)c1cc(F)ccc1O. The van der Waals surface area contributed by atoms with Gasteiger partial charge in [-0.05, 0) is 47.1 Å². The Morgan fingerprint density at radius 3 is 2.50 bits per heavy atom. The zero-order chi connectivity index (χ0) is 14.9. The molecule has 0 aliphatic rings. The number of anilines is 1. The molecule has 2 aromatic rings. The van der Waals surface area contributed by atoms with Crippen molar-refractivity contribution in [2.24, 2.45) is 0 Å². The standard InChI is InChI=1S/C14H11BrF3NO/c1-7(9-4-8(16)2-3-14(9)20)19-13-5-10(15)11(17)6-12(13)18/h2-7,19-20H,1H3. The third-order valence-electron chi connectivity index (χ3n) is 2.84. The first-order valence-corrected chi connectivity index (χ1v) is 6.57. The number of hydrogen-bond donors (Lipinski definition) is 2. The van der Waals surface area contributed by atoms with E-state index in [-0.39, 0.29) is 21.5 Å². The molecule has 2 aromatic carbocycles. The van der Waals surface area contributed by atoms with E-state index >= 15 is 0 Å². The summed E-state index contributed by atoms with van der Waals surface area (Å²) in [6.07, 6.45) is 0. The molecule has 0 aliphatic carbocycles. The molecule has 2 nitrogen and oxygen atoms in total. The molecule has 2 rings (SSSR count). The highest BCUT2D eigenvalue weighted by molar-refractivity contribution is 9.10. The summed E-state index contributed by atoms with van der Waals surface area (Å²) in [5.74, 6) is -2.09. The number of rotatable bonds is 3. The third-order valence-corrected chi connectivity index (χ3v) is 3.45. The van der Waals surface area contributed by atoms with Crippen LogP contribution in [0.1, 0.15) is 18.5 Å². The lowest BCUT2D eigenvalue weighted by Crippen LogP contribution is -2.09. The third kappa shape index (κ3) is 3.07. The molecule has 0 amide bonds. The van der Waals surface area contributed by atoms with E-state index in [1.807, 2.05) is 0 Å². The van der Waals surface area contributed by atoms with E-state index in [0.29, 0.717) is 0 Å². The van der Waals surface area contributed by atoms with Crippen molar-refractivity contribution in [3.05, 3.63) is 57.8 Å². The van der Waals surface area contributed by atoms with Gasteiger partial charge in [0.05, 0.1) is 16.2 Å². The predicted octanol–water partition coefficient (Wildman–Crippen LogP) is 4.75. The van der Waals surface area contributed by atoms with E-state index in [1.165, 1.54) is 12.1 Å². The van der Waals surface area contributed by atoms with E-state index in [1.54, 1.807) is 6.92 Å². The van der Waals surface area contributed by atoms with Gasteiger partial charge in [0, 0.05) is 11.6 Å². The van der Waals surface area contributed by atoms with Crippen molar-refractivity contribution in [2.75, 3.05) is 5.32 Å². The fourth-order valence-corrected chi connectivity index (χ4v) is 2.16. The highest BCUT2D eigenvalue weighted by atomic mass is 79.9. The molecule has 0 aliphatic heterocycles. The topological polar surface area (TPSA) is 32.3 Å². The lowest BCUT2D eigenvalue weighted by Gasteiger charge is -2.18. The van der Waals surface area contributed by atoms with E-state index < -0.39 is 23.5 Å². The van der Waals surface area contributed by atoms with Gasteiger partial charge in [0.25, 0.3) is 0 Å². The maximum Gasteiger partial charge on any atom is 0.149 e. The summed E-state index contributed by atoms with van der Waals surface area (Å²) >= 11 is 2.96. The molecule has 0 fully saturated rings. The molecule has 0 bridgehead atoms. The van der Waals surface area contributed by atoms with Crippen LogP contribution in [0.5, 0.6) is 5.75 Å². The first-order valence-electron chi connectivity index (χ1n) is 5.78. The Kier molecular flexibility index (Phi) is 4.23. The van der Waals surface area contributed by atoms with Gasteiger partial charge in [0.1, 0.15) is 23.2 Å². The number of aromatic hydroxyl groups is 1. The molecule has 0 saturated heterocycles. The van der Waals surface area contributed by atoms with Crippen molar-refractivity contribution < 1.29 is 18.3 Å². The minimum absolute atomic E-state index is 0.0504. The number of hydrogen-bond acceptors (Lipinski definition) is 2. The molecule has 0 spiro atoms. The minimum Gasteiger partial charge on any atom is -0.508 e. The normalized spacial score (nSPS) is 12.2. The molecule has 0 heterocycles. The molecular weight excluding hydrogens is 335 g/mol. The fourth-order valence-electron chi connectivity index (χ4n) is 1.82. The van der Waals surface area contributed by atoms with Crippen molar-refractivity contribution in [3.8, 4) is 5.75 Å². The Balaban J connectivity index is 2.30. The van der Waals surface area contributed by atoms with Crippen LogP contribution in [0.15, 0.2) is 34.8 Å². The van der Waals surface area contributed by atoms with Crippen molar-refractivity contribution >= 4 is 21.6 Å². The first kappa shape index (κ1) is 14.7. The fraction of sp³-hybridized carbons (Fsp3) is 0.143. The van der Waals surface area contributed by atoms with Crippen LogP contribution in [0.3, 0.4) is 0 Å². The molecule has 106 valence electrons. The number of benzene rings is 2. The quantitative estimate of drug-likeness (QED) is 0.787. The zero-order valence-electron chi connectivity index (χ0n) is 10.4. The molecule has 0 aromatic heterocycles. The number of phenols is 1. The van der Waals surface area contributed by atoms with Gasteiger partial charge in [-0.1, -0.05) is 0 Å². The predicted molar refractivity (Wildman–Crippen MR) is 74.2 cm³/mol. The average Bonchev–Trinajstić information content (AvgIpc) is 2.38. The highest BCUT2D eigenvalue weighted by Crippen LogP contribution is 2.30. The second-order valence-electron chi connectivity index (χ2n) is 4.32. The van der Waals surface area contributed by atoms with E-state index in [2.05, 4.69) is 21.2 Å². The Morgan fingerprint density at radius 1 is 1.10 bits per heavy atom.